The van der Waals surface area contributed by atoms with Crippen LogP contribution in [0.3, 0.4) is 0 Å². The van der Waals surface area contributed by atoms with Crippen LogP contribution in [0, 0.1) is 6.92 Å². The first-order valence-electron chi connectivity index (χ1n) is 9.15. The van der Waals surface area contributed by atoms with E-state index in [1.54, 1.807) is 6.33 Å². The van der Waals surface area contributed by atoms with Crippen LogP contribution in [0.2, 0.25) is 0 Å². The summed E-state index contributed by atoms with van der Waals surface area (Å²) in [6.07, 6.45) is 6.00. The molecular weight excluding hydrogens is 332 g/mol. The Labute approximate surface area is 151 Å². The zero-order chi connectivity index (χ0) is 18.3. The molecule has 0 radical (unpaired) electrons. The van der Waals surface area contributed by atoms with Crippen LogP contribution in [0.25, 0.3) is 0 Å². The average molecular weight is 356 g/mol. The van der Waals surface area contributed by atoms with Crippen LogP contribution in [0.5, 0.6) is 0 Å². The fourth-order valence-electron chi connectivity index (χ4n) is 3.71. The fraction of sp³-hybridized carbons (Fsp3) is 0.556. The largest absolute Gasteiger partial charge is 0.358 e. The lowest BCUT2D eigenvalue weighted by molar-refractivity contribution is 0.456. The maximum atomic E-state index is 11.9. The molecule has 1 aliphatic heterocycles. The Morgan fingerprint density at radius 1 is 1.08 bits per heavy atom. The number of aromatic nitrogens is 4. The molecule has 0 amide bonds. The molecule has 2 fully saturated rings. The summed E-state index contributed by atoms with van der Waals surface area (Å²) in [7, 11) is 1.48. The summed E-state index contributed by atoms with van der Waals surface area (Å²) < 4.78 is 1.09. The van der Waals surface area contributed by atoms with Crippen LogP contribution >= 0.6 is 0 Å². The summed E-state index contributed by atoms with van der Waals surface area (Å²) in [5.74, 6) is 1.63. The molecule has 2 aliphatic rings. The molecule has 1 saturated carbocycles. The standard InChI is InChI=1S/C18H24N6O2/c1-12-9-15(20-11-19-12)24(13-3-4-13)14-5-7-23(8-6-14)16-10-17(25)22(2)18(26)21-16/h9-11,13-14H,3-8H2,1-2H3,(H,21,26). The molecule has 1 saturated heterocycles. The van der Waals surface area contributed by atoms with Gasteiger partial charge in [-0.05, 0) is 32.6 Å². The van der Waals surface area contributed by atoms with Gasteiger partial charge in [0.05, 0.1) is 0 Å². The summed E-state index contributed by atoms with van der Waals surface area (Å²) in [4.78, 5) is 39.8. The molecule has 26 heavy (non-hydrogen) atoms. The van der Waals surface area contributed by atoms with E-state index in [-0.39, 0.29) is 11.2 Å². The van der Waals surface area contributed by atoms with Gasteiger partial charge in [0.1, 0.15) is 18.0 Å². The maximum Gasteiger partial charge on any atom is 0.329 e. The highest BCUT2D eigenvalue weighted by molar-refractivity contribution is 5.45. The van der Waals surface area contributed by atoms with E-state index >= 15 is 0 Å². The van der Waals surface area contributed by atoms with E-state index in [1.807, 2.05) is 6.92 Å². The van der Waals surface area contributed by atoms with Crippen LogP contribution in [0.1, 0.15) is 31.4 Å². The number of hydrogen-bond donors (Lipinski definition) is 1. The van der Waals surface area contributed by atoms with Crippen LogP contribution < -0.4 is 21.0 Å². The number of nitrogens with one attached hydrogen (secondary N) is 1. The van der Waals surface area contributed by atoms with Crippen LogP contribution in [-0.2, 0) is 7.05 Å². The zero-order valence-corrected chi connectivity index (χ0v) is 15.2. The highest BCUT2D eigenvalue weighted by Gasteiger charge is 2.36. The summed E-state index contributed by atoms with van der Waals surface area (Å²) in [5, 5.41) is 0. The molecule has 0 bridgehead atoms. The van der Waals surface area contributed by atoms with Crippen LogP contribution in [0.4, 0.5) is 11.6 Å². The lowest BCUT2D eigenvalue weighted by Crippen LogP contribution is -2.47. The van der Waals surface area contributed by atoms with Gasteiger partial charge in [-0.25, -0.2) is 14.8 Å². The third-order valence-corrected chi connectivity index (χ3v) is 5.32. The minimum absolute atomic E-state index is 0.276. The van der Waals surface area contributed by atoms with Gasteiger partial charge in [0.15, 0.2) is 0 Å². The molecule has 4 rings (SSSR count). The smallest absolute Gasteiger partial charge is 0.329 e. The highest BCUT2D eigenvalue weighted by Crippen LogP contribution is 2.35. The molecule has 0 unspecified atom stereocenters. The van der Waals surface area contributed by atoms with E-state index < -0.39 is 0 Å². The molecular formula is C18H24N6O2. The van der Waals surface area contributed by atoms with E-state index in [9.17, 15) is 9.59 Å². The molecule has 1 aliphatic carbocycles. The van der Waals surface area contributed by atoms with Gasteiger partial charge < -0.3 is 9.80 Å². The number of aromatic amines is 1. The Balaban J connectivity index is 1.50. The molecule has 138 valence electrons. The third kappa shape index (κ3) is 3.23. The van der Waals surface area contributed by atoms with Crippen molar-refractivity contribution >= 4 is 11.6 Å². The van der Waals surface area contributed by atoms with E-state index in [0.29, 0.717) is 17.9 Å². The van der Waals surface area contributed by atoms with Gasteiger partial charge in [0.2, 0.25) is 0 Å². The minimum Gasteiger partial charge on any atom is -0.358 e. The topological polar surface area (TPSA) is 87.1 Å². The predicted molar refractivity (Wildman–Crippen MR) is 99.8 cm³/mol. The van der Waals surface area contributed by atoms with E-state index in [2.05, 4.69) is 30.8 Å². The summed E-state index contributed by atoms with van der Waals surface area (Å²) in [6.45, 7) is 3.60. The first-order valence-corrected chi connectivity index (χ1v) is 9.15. The molecule has 3 heterocycles. The molecule has 1 N–H and O–H groups in total. The van der Waals surface area contributed by atoms with Gasteiger partial charge in [-0.2, -0.15) is 0 Å². The molecule has 2 aromatic rings. The number of hydrogen-bond acceptors (Lipinski definition) is 6. The SMILES string of the molecule is Cc1cc(N(C2CC2)C2CCN(c3cc(=O)n(C)c(=O)[nH]3)CC2)ncn1. The van der Waals surface area contributed by atoms with Crippen molar-refractivity contribution in [3.05, 3.63) is 45.0 Å². The third-order valence-electron chi connectivity index (χ3n) is 5.32. The second-order valence-corrected chi connectivity index (χ2v) is 7.23. The molecule has 0 aromatic carbocycles. The van der Waals surface area contributed by atoms with Gasteiger partial charge in [0, 0.05) is 50.0 Å². The van der Waals surface area contributed by atoms with Crippen molar-refractivity contribution in [2.45, 2.75) is 44.7 Å². The Morgan fingerprint density at radius 3 is 2.38 bits per heavy atom. The minimum atomic E-state index is -0.370. The zero-order valence-electron chi connectivity index (χ0n) is 15.2. The van der Waals surface area contributed by atoms with Crippen molar-refractivity contribution < 1.29 is 0 Å². The van der Waals surface area contributed by atoms with Crippen LogP contribution in [-0.4, -0.2) is 44.7 Å². The monoisotopic (exact) mass is 356 g/mol. The van der Waals surface area contributed by atoms with Crippen molar-refractivity contribution in [3.63, 3.8) is 0 Å². The van der Waals surface area contributed by atoms with Gasteiger partial charge in [-0.1, -0.05) is 0 Å². The number of nitrogens with zero attached hydrogens (tertiary/aromatic N) is 5. The predicted octanol–water partition coefficient (Wildman–Crippen LogP) is 0.810. The Hall–Kier alpha value is -2.64. The second-order valence-electron chi connectivity index (χ2n) is 7.23. The average Bonchev–Trinajstić information content (AvgIpc) is 3.45. The van der Waals surface area contributed by atoms with E-state index in [4.69, 9.17) is 0 Å². The number of piperidine rings is 1. The highest BCUT2D eigenvalue weighted by atomic mass is 16.2. The van der Waals surface area contributed by atoms with Crippen LogP contribution in [0.15, 0.2) is 28.0 Å². The van der Waals surface area contributed by atoms with E-state index in [0.717, 1.165) is 42.0 Å². The first-order chi connectivity index (χ1) is 12.5. The van der Waals surface area contributed by atoms with Gasteiger partial charge in [0.25, 0.3) is 5.56 Å². The molecule has 0 atom stereocenters. The molecule has 8 heteroatoms. The van der Waals surface area contributed by atoms with Crippen molar-refractivity contribution in [2.24, 2.45) is 7.05 Å². The maximum absolute atomic E-state index is 11.9. The van der Waals surface area contributed by atoms with Gasteiger partial charge >= 0.3 is 5.69 Å². The molecule has 2 aromatic heterocycles. The number of H-pyrrole nitrogens is 1. The van der Waals surface area contributed by atoms with Crippen molar-refractivity contribution in [3.8, 4) is 0 Å². The fourth-order valence-corrected chi connectivity index (χ4v) is 3.71. The number of aryl methyl sites for hydroxylation is 1. The van der Waals surface area contributed by atoms with Gasteiger partial charge in [-0.3, -0.25) is 14.3 Å². The Kier molecular flexibility index (Phi) is 4.26. The lowest BCUT2D eigenvalue weighted by Gasteiger charge is -2.40. The van der Waals surface area contributed by atoms with E-state index in [1.165, 1.54) is 26.0 Å². The Morgan fingerprint density at radius 2 is 1.77 bits per heavy atom. The Bertz CT molecular complexity index is 877. The quantitative estimate of drug-likeness (QED) is 0.872. The lowest BCUT2D eigenvalue weighted by atomic mass is 10.0. The van der Waals surface area contributed by atoms with Crippen molar-refractivity contribution in [1.29, 1.82) is 0 Å². The summed E-state index contributed by atoms with van der Waals surface area (Å²) >= 11 is 0. The summed E-state index contributed by atoms with van der Waals surface area (Å²) in [5.41, 5.74) is 0.337. The molecule has 0 spiro atoms. The first kappa shape index (κ1) is 16.8. The van der Waals surface area contributed by atoms with Crippen molar-refractivity contribution in [2.75, 3.05) is 22.9 Å². The normalized spacial score (nSPS) is 18.2. The number of rotatable bonds is 4. The second kappa shape index (κ2) is 6.59. The van der Waals surface area contributed by atoms with Gasteiger partial charge in [-0.15, -0.1) is 0 Å². The summed E-state index contributed by atoms with van der Waals surface area (Å²) in [6, 6.07) is 4.56. The number of anilines is 2. The molecule has 8 nitrogen and oxygen atoms in total. The van der Waals surface area contributed by atoms with Crippen molar-refractivity contribution in [1.82, 2.24) is 19.5 Å².